The minimum absolute atomic E-state index is 0.0467. The third-order valence-electron chi connectivity index (χ3n) is 5.13. The van der Waals surface area contributed by atoms with Gasteiger partial charge in [0.05, 0.1) is 18.0 Å². The number of carbonyl (C=O) groups is 2. The van der Waals surface area contributed by atoms with E-state index in [-0.39, 0.29) is 23.9 Å². The van der Waals surface area contributed by atoms with Gasteiger partial charge in [-0.15, -0.1) is 0 Å². The largest absolute Gasteiger partial charge is 0.481 e. The Bertz CT molecular complexity index is 608. The second kappa shape index (κ2) is 4.86. The molecule has 0 aliphatic carbocycles. The maximum Gasteiger partial charge on any atom is 0.308 e. The first-order valence-corrected chi connectivity index (χ1v) is 7.43. The van der Waals surface area contributed by atoms with Crippen LogP contribution in [-0.4, -0.2) is 43.7 Å². The van der Waals surface area contributed by atoms with E-state index in [2.05, 4.69) is 5.10 Å². The zero-order chi connectivity index (χ0) is 15.3. The van der Waals surface area contributed by atoms with Crippen molar-refractivity contribution in [3.05, 3.63) is 17.0 Å². The van der Waals surface area contributed by atoms with Crippen LogP contribution in [0.5, 0.6) is 0 Å². The Morgan fingerprint density at radius 1 is 1.33 bits per heavy atom. The number of carboxylic acids is 1. The molecule has 1 aromatic heterocycles. The molecule has 2 saturated heterocycles. The highest BCUT2D eigenvalue weighted by Crippen LogP contribution is 2.42. The molecule has 2 bridgehead atoms. The molecule has 0 aromatic carbocycles. The van der Waals surface area contributed by atoms with Gasteiger partial charge in [0.2, 0.25) is 5.91 Å². The first kappa shape index (κ1) is 14.1. The van der Waals surface area contributed by atoms with Gasteiger partial charge in [0.1, 0.15) is 0 Å². The number of aromatic nitrogens is 2. The van der Waals surface area contributed by atoms with Crippen LogP contribution in [0.3, 0.4) is 0 Å². The molecule has 3 heterocycles. The van der Waals surface area contributed by atoms with Crippen molar-refractivity contribution in [3.63, 3.8) is 0 Å². The normalized spacial score (nSPS) is 27.4. The summed E-state index contributed by atoms with van der Waals surface area (Å²) in [5.41, 5.74) is 2.85. The summed E-state index contributed by atoms with van der Waals surface area (Å²) in [6.07, 6.45) is 2.69. The second-order valence-electron chi connectivity index (χ2n) is 6.23. The molecule has 1 N–H and O–H groups in total. The Hall–Kier alpha value is -1.85. The summed E-state index contributed by atoms with van der Waals surface area (Å²) in [6, 6.07) is -0.00170. The molecule has 2 fully saturated rings. The van der Waals surface area contributed by atoms with Gasteiger partial charge < -0.3 is 10.0 Å². The summed E-state index contributed by atoms with van der Waals surface area (Å²) in [5.74, 6) is -1.11. The highest BCUT2D eigenvalue weighted by atomic mass is 16.4. The Labute approximate surface area is 123 Å². The number of fused-ring (bicyclic) bond motifs is 2. The van der Waals surface area contributed by atoms with Crippen LogP contribution in [-0.2, 0) is 23.1 Å². The Morgan fingerprint density at radius 2 is 2.05 bits per heavy atom. The molecule has 0 spiro atoms. The fourth-order valence-corrected chi connectivity index (χ4v) is 3.96. The number of hydrogen-bond acceptors (Lipinski definition) is 3. The van der Waals surface area contributed by atoms with Crippen molar-refractivity contribution in [2.24, 2.45) is 13.0 Å². The van der Waals surface area contributed by atoms with Crippen LogP contribution in [0.4, 0.5) is 0 Å². The molecule has 0 saturated carbocycles. The molecule has 2 aliphatic heterocycles. The number of carboxylic acid groups (broad SMARTS) is 1. The van der Waals surface area contributed by atoms with E-state index in [1.54, 1.807) is 4.68 Å². The van der Waals surface area contributed by atoms with Crippen LogP contribution in [0.1, 0.15) is 36.2 Å². The van der Waals surface area contributed by atoms with E-state index in [0.717, 1.165) is 29.8 Å². The van der Waals surface area contributed by atoms with Crippen molar-refractivity contribution in [1.29, 1.82) is 0 Å². The molecule has 3 unspecified atom stereocenters. The summed E-state index contributed by atoms with van der Waals surface area (Å²) >= 11 is 0. The number of aliphatic carboxylic acids is 1. The fourth-order valence-electron chi connectivity index (χ4n) is 3.96. The fraction of sp³-hybridized carbons (Fsp3) is 0.667. The van der Waals surface area contributed by atoms with Gasteiger partial charge in [-0.3, -0.25) is 14.3 Å². The average molecular weight is 291 g/mol. The molecule has 1 aromatic rings. The predicted molar refractivity (Wildman–Crippen MR) is 75.8 cm³/mol. The van der Waals surface area contributed by atoms with E-state index in [0.29, 0.717) is 12.8 Å². The first-order valence-electron chi connectivity index (χ1n) is 7.43. The summed E-state index contributed by atoms with van der Waals surface area (Å²) in [4.78, 5) is 25.8. The lowest BCUT2D eigenvalue weighted by Gasteiger charge is -2.23. The predicted octanol–water partition coefficient (Wildman–Crippen LogP) is 1.04. The number of aryl methyl sites for hydroxylation is 2. The number of amides is 1. The lowest BCUT2D eigenvalue weighted by molar-refractivity contribution is -0.143. The topological polar surface area (TPSA) is 75.4 Å². The minimum Gasteiger partial charge on any atom is -0.481 e. The number of nitrogens with zero attached hydrogens (tertiary/aromatic N) is 3. The lowest BCUT2D eigenvalue weighted by Crippen LogP contribution is -2.38. The first-order chi connectivity index (χ1) is 9.90. The monoisotopic (exact) mass is 291 g/mol. The van der Waals surface area contributed by atoms with Gasteiger partial charge in [-0.2, -0.15) is 5.10 Å². The van der Waals surface area contributed by atoms with Crippen molar-refractivity contribution in [2.45, 2.75) is 51.6 Å². The summed E-state index contributed by atoms with van der Waals surface area (Å²) in [7, 11) is 1.87. The van der Waals surface area contributed by atoms with Crippen LogP contribution in [0.25, 0.3) is 0 Å². The van der Waals surface area contributed by atoms with Gasteiger partial charge in [-0.1, -0.05) is 0 Å². The van der Waals surface area contributed by atoms with Crippen molar-refractivity contribution < 1.29 is 14.7 Å². The molecule has 2 aliphatic rings. The van der Waals surface area contributed by atoms with Crippen LogP contribution in [0, 0.1) is 19.8 Å². The number of carbonyl (C=O) groups excluding carboxylic acids is 1. The zero-order valence-corrected chi connectivity index (χ0v) is 12.7. The maximum absolute atomic E-state index is 12.7. The van der Waals surface area contributed by atoms with E-state index in [1.165, 1.54) is 0 Å². The molecule has 21 heavy (non-hydrogen) atoms. The SMILES string of the molecule is Cc1nn(C)c(C)c1CC(=O)N1C2CCC1C(C(=O)O)C2. The summed E-state index contributed by atoms with van der Waals surface area (Å²) in [6.45, 7) is 3.87. The van der Waals surface area contributed by atoms with Gasteiger partial charge >= 0.3 is 5.97 Å². The molecule has 0 radical (unpaired) electrons. The smallest absolute Gasteiger partial charge is 0.308 e. The molecular formula is C15H21N3O3. The third-order valence-corrected chi connectivity index (χ3v) is 5.13. The average Bonchev–Trinajstić information content (AvgIpc) is 3.06. The maximum atomic E-state index is 12.7. The number of rotatable bonds is 3. The van der Waals surface area contributed by atoms with Gasteiger partial charge in [0.15, 0.2) is 0 Å². The van der Waals surface area contributed by atoms with Crippen LogP contribution < -0.4 is 0 Å². The molecule has 6 heteroatoms. The third kappa shape index (κ3) is 2.13. The van der Waals surface area contributed by atoms with E-state index in [1.807, 2.05) is 25.8 Å². The van der Waals surface area contributed by atoms with E-state index in [4.69, 9.17) is 0 Å². The quantitative estimate of drug-likeness (QED) is 0.903. The van der Waals surface area contributed by atoms with Gasteiger partial charge in [-0.05, 0) is 33.1 Å². The standard InChI is InChI=1S/C15H21N3O3/c1-8-11(9(2)17(3)16-8)7-14(19)18-10-4-5-13(18)12(6-10)15(20)21/h10,12-13H,4-7H2,1-3H3,(H,20,21). The van der Waals surface area contributed by atoms with E-state index < -0.39 is 5.97 Å². The molecule has 3 atom stereocenters. The highest BCUT2D eigenvalue weighted by molar-refractivity contribution is 5.82. The van der Waals surface area contributed by atoms with Crippen molar-refractivity contribution >= 4 is 11.9 Å². The summed E-state index contributed by atoms with van der Waals surface area (Å²) in [5, 5.41) is 13.6. The Balaban J connectivity index is 1.79. The Morgan fingerprint density at radius 3 is 2.57 bits per heavy atom. The van der Waals surface area contributed by atoms with Gasteiger partial charge in [0.25, 0.3) is 0 Å². The van der Waals surface area contributed by atoms with Gasteiger partial charge in [-0.25, -0.2) is 0 Å². The minimum atomic E-state index is -0.770. The number of hydrogen-bond donors (Lipinski definition) is 1. The summed E-state index contributed by atoms with van der Waals surface area (Å²) < 4.78 is 1.79. The zero-order valence-electron chi connectivity index (χ0n) is 12.7. The molecular weight excluding hydrogens is 270 g/mol. The van der Waals surface area contributed by atoms with Crippen LogP contribution in [0.15, 0.2) is 0 Å². The highest BCUT2D eigenvalue weighted by Gasteiger charge is 2.51. The molecule has 114 valence electrons. The van der Waals surface area contributed by atoms with Crippen LogP contribution in [0.2, 0.25) is 0 Å². The van der Waals surface area contributed by atoms with Gasteiger partial charge in [0, 0.05) is 30.4 Å². The lowest BCUT2D eigenvalue weighted by atomic mass is 9.89. The Kier molecular flexibility index (Phi) is 3.26. The van der Waals surface area contributed by atoms with E-state index >= 15 is 0 Å². The van der Waals surface area contributed by atoms with Crippen LogP contribution >= 0.6 is 0 Å². The van der Waals surface area contributed by atoms with Crippen molar-refractivity contribution in [2.75, 3.05) is 0 Å². The van der Waals surface area contributed by atoms with Crippen molar-refractivity contribution in [1.82, 2.24) is 14.7 Å². The second-order valence-corrected chi connectivity index (χ2v) is 6.23. The molecule has 3 rings (SSSR count). The molecule has 1 amide bonds. The van der Waals surface area contributed by atoms with E-state index in [9.17, 15) is 14.7 Å². The van der Waals surface area contributed by atoms with Crippen molar-refractivity contribution in [3.8, 4) is 0 Å². The molecule has 6 nitrogen and oxygen atoms in total.